The van der Waals surface area contributed by atoms with Crippen molar-refractivity contribution in [1.82, 2.24) is 14.5 Å². The first-order valence-corrected chi connectivity index (χ1v) is 6.71. The summed E-state index contributed by atoms with van der Waals surface area (Å²) in [5.74, 6) is -0.260. The lowest BCUT2D eigenvalue weighted by atomic mass is 10.1. The molecule has 2 aromatic heterocycles. The Morgan fingerprint density at radius 1 is 1.23 bits per heavy atom. The molecule has 0 unspecified atom stereocenters. The normalized spacial score (nSPS) is 10.4. The second-order valence-electron chi connectivity index (χ2n) is 4.67. The Balaban J connectivity index is 1.85. The van der Waals surface area contributed by atoms with E-state index < -0.39 is 0 Å². The van der Waals surface area contributed by atoms with Gasteiger partial charge in [-0.3, -0.25) is 9.78 Å². The molecule has 6 heteroatoms. The number of carbonyl (C=O) groups excluding carboxylic acids is 1. The molecule has 0 bridgehead atoms. The molecular weight excluding hydrogens is 280 g/mol. The molecule has 1 amide bonds. The maximum Gasteiger partial charge on any atom is 0.255 e. The molecule has 0 saturated carbocycles. The number of anilines is 1. The van der Waals surface area contributed by atoms with Crippen molar-refractivity contribution in [1.29, 1.82) is 0 Å². The van der Waals surface area contributed by atoms with Crippen LogP contribution in [-0.2, 0) is 6.61 Å². The standard InChI is InChI=1S/C16H14N4O2/c21-10-13-4-5-17-9-15(13)19-16(22)12-2-1-3-14(8-12)20-7-6-18-11-20/h1-9,11,21H,10H2,(H,19,22). The van der Waals surface area contributed by atoms with Crippen LogP contribution in [0, 0.1) is 0 Å². The summed E-state index contributed by atoms with van der Waals surface area (Å²) in [6.07, 6.45) is 8.24. The summed E-state index contributed by atoms with van der Waals surface area (Å²) in [6, 6.07) is 8.86. The number of amides is 1. The molecule has 2 heterocycles. The third-order valence-corrected chi connectivity index (χ3v) is 3.24. The summed E-state index contributed by atoms with van der Waals surface area (Å²) < 4.78 is 1.82. The Hall–Kier alpha value is -2.99. The Morgan fingerprint density at radius 3 is 2.91 bits per heavy atom. The lowest BCUT2D eigenvalue weighted by molar-refractivity contribution is 0.102. The predicted molar refractivity (Wildman–Crippen MR) is 81.7 cm³/mol. The number of aliphatic hydroxyl groups is 1. The fourth-order valence-electron chi connectivity index (χ4n) is 2.09. The zero-order valence-corrected chi connectivity index (χ0v) is 11.7. The molecule has 0 aliphatic heterocycles. The fourth-order valence-corrected chi connectivity index (χ4v) is 2.09. The monoisotopic (exact) mass is 294 g/mol. The van der Waals surface area contributed by atoms with Crippen molar-refractivity contribution in [3.8, 4) is 5.69 Å². The van der Waals surface area contributed by atoms with Gasteiger partial charge in [-0.1, -0.05) is 6.07 Å². The minimum Gasteiger partial charge on any atom is -0.392 e. The number of benzene rings is 1. The number of nitrogens with one attached hydrogen (secondary N) is 1. The van der Waals surface area contributed by atoms with Gasteiger partial charge in [0, 0.05) is 35.4 Å². The molecule has 0 aliphatic rings. The van der Waals surface area contributed by atoms with Crippen LogP contribution >= 0.6 is 0 Å². The lowest BCUT2D eigenvalue weighted by Crippen LogP contribution is -2.14. The molecule has 0 radical (unpaired) electrons. The van der Waals surface area contributed by atoms with Crippen molar-refractivity contribution < 1.29 is 9.90 Å². The average Bonchev–Trinajstić information content (AvgIpc) is 3.10. The molecule has 22 heavy (non-hydrogen) atoms. The van der Waals surface area contributed by atoms with E-state index in [1.54, 1.807) is 43.0 Å². The van der Waals surface area contributed by atoms with Gasteiger partial charge in [-0.15, -0.1) is 0 Å². The highest BCUT2D eigenvalue weighted by Gasteiger charge is 2.10. The third-order valence-electron chi connectivity index (χ3n) is 3.24. The first kappa shape index (κ1) is 14.0. The van der Waals surface area contributed by atoms with E-state index >= 15 is 0 Å². The van der Waals surface area contributed by atoms with Crippen LogP contribution in [0.3, 0.4) is 0 Å². The van der Waals surface area contributed by atoms with E-state index in [0.717, 1.165) is 5.69 Å². The minimum atomic E-state index is -0.260. The van der Waals surface area contributed by atoms with E-state index in [4.69, 9.17) is 0 Å². The smallest absolute Gasteiger partial charge is 0.255 e. The molecular formula is C16H14N4O2. The Morgan fingerprint density at radius 2 is 2.14 bits per heavy atom. The van der Waals surface area contributed by atoms with Crippen LogP contribution in [0.5, 0.6) is 0 Å². The first-order valence-electron chi connectivity index (χ1n) is 6.71. The van der Waals surface area contributed by atoms with Crippen molar-refractivity contribution in [3.05, 3.63) is 72.6 Å². The maximum absolute atomic E-state index is 12.4. The quantitative estimate of drug-likeness (QED) is 0.771. The number of aromatic nitrogens is 3. The number of carbonyl (C=O) groups is 1. The largest absolute Gasteiger partial charge is 0.392 e. The number of aliphatic hydroxyl groups excluding tert-OH is 1. The molecule has 110 valence electrons. The van der Waals surface area contributed by atoms with Crippen molar-refractivity contribution >= 4 is 11.6 Å². The van der Waals surface area contributed by atoms with Gasteiger partial charge >= 0.3 is 0 Å². The number of hydrogen-bond acceptors (Lipinski definition) is 4. The number of hydrogen-bond donors (Lipinski definition) is 2. The fraction of sp³-hybridized carbons (Fsp3) is 0.0625. The van der Waals surface area contributed by atoms with E-state index in [9.17, 15) is 9.90 Å². The number of rotatable bonds is 4. The van der Waals surface area contributed by atoms with Gasteiger partial charge in [0.2, 0.25) is 0 Å². The predicted octanol–water partition coefficient (Wildman–Crippen LogP) is 2.01. The van der Waals surface area contributed by atoms with Gasteiger partial charge in [0.05, 0.1) is 24.8 Å². The molecule has 0 saturated heterocycles. The summed E-state index contributed by atoms with van der Waals surface area (Å²) in [5, 5.41) is 12.0. The lowest BCUT2D eigenvalue weighted by Gasteiger charge is -2.10. The second-order valence-corrected chi connectivity index (χ2v) is 4.67. The van der Waals surface area contributed by atoms with Crippen molar-refractivity contribution in [2.24, 2.45) is 0 Å². The summed E-state index contributed by atoms with van der Waals surface area (Å²) in [4.78, 5) is 20.3. The van der Waals surface area contributed by atoms with Crippen molar-refractivity contribution in [2.75, 3.05) is 5.32 Å². The van der Waals surface area contributed by atoms with Crippen LogP contribution in [0.25, 0.3) is 5.69 Å². The van der Waals surface area contributed by atoms with Crippen molar-refractivity contribution in [3.63, 3.8) is 0 Å². The SMILES string of the molecule is O=C(Nc1cnccc1CO)c1cccc(-n2ccnc2)c1. The summed E-state index contributed by atoms with van der Waals surface area (Å²) >= 11 is 0. The van der Waals surface area contributed by atoms with Gasteiger partial charge in [-0.25, -0.2) is 4.98 Å². The Labute approximate surface area is 127 Å². The molecule has 6 nitrogen and oxygen atoms in total. The maximum atomic E-state index is 12.4. The summed E-state index contributed by atoms with van der Waals surface area (Å²) in [5.41, 5.74) is 2.48. The van der Waals surface area contributed by atoms with E-state index in [2.05, 4.69) is 15.3 Å². The van der Waals surface area contributed by atoms with Crippen LogP contribution < -0.4 is 5.32 Å². The van der Waals surface area contributed by atoms with Crippen molar-refractivity contribution in [2.45, 2.75) is 6.61 Å². The molecule has 3 rings (SSSR count). The van der Waals surface area contributed by atoms with Gasteiger partial charge in [-0.05, 0) is 24.3 Å². The summed E-state index contributed by atoms with van der Waals surface area (Å²) in [6.45, 7) is -0.160. The number of pyridine rings is 1. The Kier molecular flexibility index (Phi) is 3.93. The second kappa shape index (κ2) is 6.19. The molecule has 0 atom stereocenters. The third kappa shape index (κ3) is 2.87. The van der Waals surface area contributed by atoms with E-state index in [1.807, 2.05) is 16.8 Å². The summed E-state index contributed by atoms with van der Waals surface area (Å²) in [7, 11) is 0. The first-order chi connectivity index (χ1) is 10.8. The topological polar surface area (TPSA) is 80.0 Å². The zero-order chi connectivity index (χ0) is 15.4. The van der Waals surface area contributed by atoms with Crippen LogP contribution in [0.15, 0.2) is 61.4 Å². The highest BCUT2D eigenvalue weighted by Crippen LogP contribution is 2.16. The number of nitrogens with zero attached hydrogens (tertiary/aromatic N) is 3. The van der Waals surface area contributed by atoms with E-state index in [1.165, 1.54) is 6.20 Å². The van der Waals surface area contributed by atoms with Crippen LogP contribution in [0.2, 0.25) is 0 Å². The molecule has 0 spiro atoms. The molecule has 0 fully saturated rings. The highest BCUT2D eigenvalue weighted by molar-refractivity contribution is 6.04. The highest BCUT2D eigenvalue weighted by atomic mass is 16.3. The van der Waals surface area contributed by atoms with Crippen LogP contribution in [-0.4, -0.2) is 25.5 Å². The molecule has 3 aromatic rings. The number of imidazole rings is 1. The molecule has 0 aliphatic carbocycles. The molecule has 2 N–H and O–H groups in total. The zero-order valence-electron chi connectivity index (χ0n) is 11.7. The van der Waals surface area contributed by atoms with Gasteiger partial charge < -0.3 is 15.0 Å². The minimum absolute atomic E-state index is 0.160. The van der Waals surface area contributed by atoms with Gasteiger partial charge in [0.15, 0.2) is 0 Å². The van der Waals surface area contributed by atoms with E-state index in [0.29, 0.717) is 16.8 Å². The van der Waals surface area contributed by atoms with Crippen LogP contribution in [0.4, 0.5) is 5.69 Å². The average molecular weight is 294 g/mol. The Bertz CT molecular complexity index is 784. The van der Waals surface area contributed by atoms with E-state index in [-0.39, 0.29) is 12.5 Å². The molecule has 1 aromatic carbocycles. The van der Waals surface area contributed by atoms with Gasteiger partial charge in [-0.2, -0.15) is 0 Å². The van der Waals surface area contributed by atoms with Gasteiger partial charge in [0.1, 0.15) is 0 Å². The van der Waals surface area contributed by atoms with Crippen LogP contribution in [0.1, 0.15) is 15.9 Å². The van der Waals surface area contributed by atoms with Gasteiger partial charge in [0.25, 0.3) is 5.91 Å².